The number of aromatic nitrogens is 4. The van der Waals surface area contributed by atoms with Crippen LogP contribution < -0.4 is 10.9 Å². The summed E-state index contributed by atoms with van der Waals surface area (Å²) in [5.41, 5.74) is 4.35. The Morgan fingerprint density at radius 3 is 2.76 bits per heavy atom. The predicted octanol–water partition coefficient (Wildman–Crippen LogP) is 4.51. The molecule has 0 radical (unpaired) electrons. The van der Waals surface area contributed by atoms with Gasteiger partial charge in [-0.1, -0.05) is 47.3 Å². The molecule has 0 atom stereocenters. The second kappa shape index (κ2) is 8.25. The number of nitrogens with one attached hydrogen (secondary N) is 2. The van der Waals surface area contributed by atoms with E-state index in [9.17, 15) is 9.59 Å². The van der Waals surface area contributed by atoms with E-state index in [1.165, 1.54) is 11.8 Å². The maximum absolute atomic E-state index is 13.7. The number of hydrogen-bond acceptors (Lipinski definition) is 6. The van der Waals surface area contributed by atoms with E-state index in [0.29, 0.717) is 27.8 Å². The van der Waals surface area contributed by atoms with Gasteiger partial charge in [-0.25, -0.2) is 4.98 Å². The molecule has 0 aliphatic heterocycles. The molecule has 1 amide bonds. The number of amides is 1. The maximum Gasteiger partial charge on any atom is 0.283 e. The molecule has 9 heteroatoms. The molecule has 5 rings (SSSR count). The molecule has 0 fully saturated rings. The van der Waals surface area contributed by atoms with E-state index < -0.39 is 0 Å². The van der Waals surface area contributed by atoms with Gasteiger partial charge in [0.05, 0.1) is 11.4 Å². The lowest BCUT2D eigenvalue weighted by Gasteiger charge is -2.15. The van der Waals surface area contributed by atoms with Crippen molar-refractivity contribution < 1.29 is 9.32 Å². The Balaban J connectivity index is 1.61. The summed E-state index contributed by atoms with van der Waals surface area (Å²) in [5, 5.41) is 7.80. The van der Waals surface area contributed by atoms with Gasteiger partial charge in [0.2, 0.25) is 5.91 Å². The first-order valence-electron chi connectivity index (χ1n) is 10.4. The van der Waals surface area contributed by atoms with Gasteiger partial charge in [-0.15, -0.1) is 0 Å². The van der Waals surface area contributed by atoms with Gasteiger partial charge in [0.25, 0.3) is 5.56 Å². The van der Waals surface area contributed by atoms with Gasteiger partial charge in [0.15, 0.2) is 11.0 Å². The predicted molar refractivity (Wildman–Crippen MR) is 129 cm³/mol. The first-order chi connectivity index (χ1) is 15.9. The van der Waals surface area contributed by atoms with E-state index in [1.807, 2.05) is 56.3 Å². The zero-order valence-corrected chi connectivity index (χ0v) is 19.1. The summed E-state index contributed by atoms with van der Waals surface area (Å²) in [7, 11) is 0. The lowest BCUT2D eigenvalue weighted by molar-refractivity contribution is -0.113. The lowest BCUT2D eigenvalue weighted by atomic mass is 10.1. The first kappa shape index (κ1) is 21.0. The summed E-state index contributed by atoms with van der Waals surface area (Å²) in [6, 6.07) is 15.2. The molecule has 0 spiro atoms. The number of rotatable bonds is 5. The summed E-state index contributed by atoms with van der Waals surface area (Å²) < 4.78 is 6.57. The molecule has 2 aromatic carbocycles. The number of thioether (sulfide) groups is 1. The van der Waals surface area contributed by atoms with Crippen LogP contribution in [0.2, 0.25) is 0 Å². The molecule has 0 unspecified atom stereocenters. The summed E-state index contributed by atoms with van der Waals surface area (Å²) in [5.74, 6) is 0.740. The smallest absolute Gasteiger partial charge is 0.283 e. The Bertz CT molecular complexity index is 1580. The van der Waals surface area contributed by atoms with Crippen molar-refractivity contribution in [3.8, 4) is 5.69 Å². The highest BCUT2D eigenvalue weighted by molar-refractivity contribution is 7.99. The molecule has 0 aliphatic carbocycles. The average molecular weight is 460 g/mol. The normalized spacial score (nSPS) is 11.4. The van der Waals surface area contributed by atoms with Crippen molar-refractivity contribution in [3.05, 3.63) is 75.8 Å². The molecule has 3 aromatic heterocycles. The highest BCUT2D eigenvalue weighted by Crippen LogP contribution is 2.27. The lowest BCUT2D eigenvalue weighted by Crippen LogP contribution is -2.23. The van der Waals surface area contributed by atoms with Crippen molar-refractivity contribution in [2.45, 2.75) is 25.9 Å². The van der Waals surface area contributed by atoms with E-state index in [0.717, 1.165) is 27.7 Å². The van der Waals surface area contributed by atoms with Crippen LogP contribution in [-0.4, -0.2) is 31.4 Å². The SMILES string of the molecule is Cc1ccc(C)c(-n2c(SCC(=O)Nc3cc(C)on3)nc3c([nH]c4ccccc43)c2=O)c1. The number of hydrogen-bond donors (Lipinski definition) is 2. The molecule has 0 aliphatic rings. The topological polar surface area (TPSA) is 106 Å². The van der Waals surface area contributed by atoms with Crippen LogP contribution in [0.4, 0.5) is 5.82 Å². The highest BCUT2D eigenvalue weighted by atomic mass is 32.2. The van der Waals surface area contributed by atoms with Gasteiger partial charge < -0.3 is 14.8 Å². The number of nitrogens with zero attached hydrogens (tertiary/aromatic N) is 3. The van der Waals surface area contributed by atoms with Crippen LogP contribution in [0.3, 0.4) is 0 Å². The van der Waals surface area contributed by atoms with Crippen LogP contribution in [0.15, 0.2) is 63.0 Å². The van der Waals surface area contributed by atoms with Gasteiger partial charge >= 0.3 is 0 Å². The van der Waals surface area contributed by atoms with Gasteiger partial charge in [-0.2, -0.15) is 0 Å². The standard InChI is InChI=1S/C24H21N5O3S/c1-13-8-9-14(2)18(10-13)29-23(31)22-21(16-6-4-5-7-17(16)25-22)27-24(29)33-12-20(30)26-19-11-15(3)32-28-19/h4-11,25H,12H2,1-3H3,(H,26,28,30). The van der Waals surface area contributed by atoms with Crippen LogP contribution in [0.1, 0.15) is 16.9 Å². The third kappa shape index (κ3) is 3.91. The fraction of sp³-hybridized carbons (Fsp3) is 0.167. The molecule has 166 valence electrons. The third-order valence-electron chi connectivity index (χ3n) is 5.33. The molecule has 33 heavy (non-hydrogen) atoms. The van der Waals surface area contributed by atoms with Gasteiger partial charge in [0, 0.05) is 17.0 Å². The quantitative estimate of drug-likeness (QED) is 0.296. The van der Waals surface area contributed by atoms with Gasteiger partial charge in [-0.05, 0) is 44.0 Å². The summed E-state index contributed by atoms with van der Waals surface area (Å²) in [6.07, 6.45) is 0. The van der Waals surface area contributed by atoms with Crippen molar-refractivity contribution in [3.63, 3.8) is 0 Å². The highest BCUT2D eigenvalue weighted by Gasteiger charge is 2.19. The van der Waals surface area contributed by atoms with Crippen LogP contribution in [0, 0.1) is 20.8 Å². The number of benzene rings is 2. The second-order valence-corrected chi connectivity index (χ2v) is 8.82. The van der Waals surface area contributed by atoms with E-state index in [1.54, 1.807) is 17.6 Å². The number of fused-ring (bicyclic) bond motifs is 3. The number of carbonyl (C=O) groups is 1. The Labute approximate surface area is 193 Å². The van der Waals surface area contributed by atoms with Crippen molar-refractivity contribution in [1.29, 1.82) is 0 Å². The Morgan fingerprint density at radius 2 is 1.97 bits per heavy atom. The van der Waals surface area contributed by atoms with Crippen molar-refractivity contribution in [2.24, 2.45) is 0 Å². The molecule has 0 bridgehead atoms. The molecular weight excluding hydrogens is 438 g/mol. The van der Waals surface area contributed by atoms with E-state index in [2.05, 4.69) is 15.5 Å². The zero-order valence-electron chi connectivity index (χ0n) is 18.3. The third-order valence-corrected chi connectivity index (χ3v) is 6.27. The van der Waals surface area contributed by atoms with E-state index in [4.69, 9.17) is 9.51 Å². The monoisotopic (exact) mass is 459 g/mol. The molecule has 3 heterocycles. The number of aryl methyl sites for hydroxylation is 3. The van der Waals surface area contributed by atoms with Crippen LogP contribution in [0.5, 0.6) is 0 Å². The Hall–Kier alpha value is -3.85. The number of para-hydroxylation sites is 1. The van der Waals surface area contributed by atoms with Crippen LogP contribution >= 0.6 is 11.8 Å². The van der Waals surface area contributed by atoms with Gasteiger partial charge in [0.1, 0.15) is 16.8 Å². The zero-order chi connectivity index (χ0) is 23.1. The molecular formula is C24H21N5O3S. The summed E-state index contributed by atoms with van der Waals surface area (Å²) in [4.78, 5) is 34.3. The number of anilines is 1. The molecule has 5 aromatic rings. The number of carbonyl (C=O) groups excluding carboxylic acids is 1. The van der Waals surface area contributed by atoms with Crippen molar-refractivity contribution >= 4 is 45.4 Å². The molecule has 2 N–H and O–H groups in total. The number of aromatic amines is 1. The fourth-order valence-corrected chi connectivity index (χ4v) is 4.54. The van der Waals surface area contributed by atoms with E-state index in [-0.39, 0.29) is 17.2 Å². The Kier molecular flexibility index (Phi) is 5.26. The average Bonchev–Trinajstić information content (AvgIpc) is 3.37. The first-order valence-corrected chi connectivity index (χ1v) is 11.4. The minimum Gasteiger partial charge on any atom is -0.360 e. The van der Waals surface area contributed by atoms with Gasteiger partial charge in [-0.3, -0.25) is 14.2 Å². The second-order valence-electron chi connectivity index (χ2n) is 7.88. The summed E-state index contributed by atoms with van der Waals surface area (Å²) in [6.45, 7) is 5.67. The molecule has 0 saturated heterocycles. The minimum absolute atomic E-state index is 0.0527. The van der Waals surface area contributed by atoms with Crippen LogP contribution in [-0.2, 0) is 4.79 Å². The van der Waals surface area contributed by atoms with Crippen LogP contribution in [0.25, 0.3) is 27.6 Å². The maximum atomic E-state index is 13.7. The largest absolute Gasteiger partial charge is 0.360 e. The summed E-state index contributed by atoms with van der Waals surface area (Å²) >= 11 is 1.20. The fourth-order valence-electron chi connectivity index (χ4n) is 3.75. The van der Waals surface area contributed by atoms with Crippen molar-refractivity contribution in [1.82, 2.24) is 19.7 Å². The van der Waals surface area contributed by atoms with Crippen molar-refractivity contribution in [2.75, 3.05) is 11.1 Å². The number of H-pyrrole nitrogens is 1. The molecule has 8 nitrogen and oxygen atoms in total. The Morgan fingerprint density at radius 1 is 1.15 bits per heavy atom. The molecule has 0 saturated carbocycles. The van der Waals surface area contributed by atoms with E-state index >= 15 is 0 Å². The minimum atomic E-state index is -0.269.